The first-order valence-corrected chi connectivity index (χ1v) is 9.23. The predicted molar refractivity (Wildman–Crippen MR) is 106 cm³/mol. The van der Waals surface area contributed by atoms with E-state index in [1.165, 1.54) is 0 Å². The fourth-order valence-electron chi connectivity index (χ4n) is 3.73. The van der Waals surface area contributed by atoms with Crippen LogP contribution < -0.4 is 14.8 Å². The summed E-state index contributed by atoms with van der Waals surface area (Å²) in [6.45, 7) is 11.2. The fourth-order valence-corrected chi connectivity index (χ4v) is 3.73. The molecule has 1 aliphatic heterocycles. The maximum Gasteiger partial charge on any atom is 0.405 e. The van der Waals surface area contributed by atoms with E-state index in [0.717, 1.165) is 39.3 Å². The third kappa shape index (κ3) is 3.72. The van der Waals surface area contributed by atoms with Gasteiger partial charge in [-0.3, -0.25) is 0 Å². The number of hydrogen-bond donors (Lipinski definition) is 2. The van der Waals surface area contributed by atoms with Crippen LogP contribution in [0.15, 0.2) is 30.3 Å². The van der Waals surface area contributed by atoms with Crippen molar-refractivity contribution in [2.24, 2.45) is 5.41 Å². The zero-order chi connectivity index (χ0) is 19.8. The Morgan fingerprint density at radius 3 is 2.48 bits per heavy atom. The summed E-state index contributed by atoms with van der Waals surface area (Å²) in [6, 6.07) is 9.90. The number of amides is 1. The second-order valence-electron chi connectivity index (χ2n) is 7.78. The molecule has 1 atom stereocenters. The number of ether oxygens (including phenoxy) is 2. The first kappa shape index (κ1) is 19.1. The maximum atomic E-state index is 11.2. The molecule has 1 aliphatic rings. The average Bonchev–Trinajstić information content (AvgIpc) is 2.60. The normalized spacial score (nSPS) is 17.6. The molecule has 0 fully saturated rings. The van der Waals surface area contributed by atoms with Crippen molar-refractivity contribution in [1.29, 1.82) is 0 Å². The van der Waals surface area contributed by atoms with E-state index in [1.54, 1.807) is 0 Å². The molecule has 1 heterocycles. The molecule has 5 nitrogen and oxygen atoms in total. The van der Waals surface area contributed by atoms with Crippen LogP contribution in [-0.2, 0) is 0 Å². The number of carboxylic acid groups (broad SMARTS) is 1. The van der Waals surface area contributed by atoms with Crippen molar-refractivity contribution in [3.05, 3.63) is 47.0 Å². The summed E-state index contributed by atoms with van der Waals surface area (Å²) in [6.07, 6.45) is -1.03. The molecule has 0 saturated carbocycles. The second kappa shape index (κ2) is 7.14. The Labute approximate surface area is 160 Å². The quantitative estimate of drug-likeness (QED) is 0.787. The number of aryl methyl sites for hydroxylation is 2. The number of benzene rings is 2. The van der Waals surface area contributed by atoms with Crippen molar-refractivity contribution in [2.75, 3.05) is 13.2 Å². The van der Waals surface area contributed by atoms with Crippen molar-refractivity contribution >= 4 is 6.09 Å². The first-order chi connectivity index (χ1) is 12.7. The van der Waals surface area contributed by atoms with Crippen molar-refractivity contribution < 1.29 is 19.4 Å². The van der Waals surface area contributed by atoms with Gasteiger partial charge in [-0.25, -0.2) is 4.79 Å². The Bertz CT molecular complexity index is 850. The molecule has 1 unspecified atom stereocenters. The van der Waals surface area contributed by atoms with Gasteiger partial charge in [0.15, 0.2) is 0 Å². The highest BCUT2D eigenvalue weighted by molar-refractivity contribution is 5.71. The maximum absolute atomic E-state index is 11.2. The van der Waals surface area contributed by atoms with Gasteiger partial charge in [-0.05, 0) is 61.2 Å². The SMILES string of the molecule is CCOc1c(C)cc(-c2ccc3c(c2)OCC(C)(C)C3NC(=O)O)cc1C. The number of hydrogen-bond acceptors (Lipinski definition) is 3. The molecule has 0 saturated heterocycles. The van der Waals surface area contributed by atoms with Gasteiger partial charge < -0.3 is 19.9 Å². The lowest BCUT2D eigenvalue weighted by Crippen LogP contribution is -2.43. The summed E-state index contributed by atoms with van der Waals surface area (Å²) < 4.78 is 11.7. The molecule has 0 radical (unpaired) electrons. The summed E-state index contributed by atoms with van der Waals surface area (Å²) in [4.78, 5) is 11.2. The molecule has 0 bridgehead atoms. The Morgan fingerprint density at radius 2 is 1.89 bits per heavy atom. The zero-order valence-corrected chi connectivity index (χ0v) is 16.6. The molecule has 1 amide bonds. The average molecular weight is 369 g/mol. The lowest BCUT2D eigenvalue weighted by atomic mass is 9.78. The van der Waals surface area contributed by atoms with Crippen LogP contribution in [0.25, 0.3) is 11.1 Å². The first-order valence-electron chi connectivity index (χ1n) is 9.23. The minimum Gasteiger partial charge on any atom is -0.493 e. The summed E-state index contributed by atoms with van der Waals surface area (Å²) in [7, 11) is 0. The van der Waals surface area contributed by atoms with Crippen LogP contribution in [0.1, 0.15) is 43.5 Å². The number of fused-ring (bicyclic) bond motifs is 1. The molecule has 2 N–H and O–H groups in total. The van der Waals surface area contributed by atoms with Crippen molar-refractivity contribution in [3.63, 3.8) is 0 Å². The summed E-state index contributed by atoms with van der Waals surface area (Å²) in [5.74, 6) is 1.66. The highest BCUT2D eigenvalue weighted by atomic mass is 16.5. The standard InChI is InChI=1S/C22H27NO4/c1-6-26-19-13(2)9-16(10-14(19)3)15-7-8-17-18(11-15)27-12-22(4,5)20(17)23-21(24)25/h7-11,20,23H,6,12H2,1-5H3,(H,24,25). The van der Waals surface area contributed by atoms with Crippen molar-refractivity contribution in [3.8, 4) is 22.6 Å². The van der Waals surface area contributed by atoms with Gasteiger partial charge in [0.05, 0.1) is 19.3 Å². The van der Waals surface area contributed by atoms with E-state index in [9.17, 15) is 9.90 Å². The van der Waals surface area contributed by atoms with Crippen LogP contribution in [0, 0.1) is 19.3 Å². The van der Waals surface area contributed by atoms with Crippen LogP contribution >= 0.6 is 0 Å². The van der Waals surface area contributed by atoms with Gasteiger partial charge in [-0.15, -0.1) is 0 Å². The monoisotopic (exact) mass is 369 g/mol. The molecule has 5 heteroatoms. The third-order valence-corrected chi connectivity index (χ3v) is 5.06. The summed E-state index contributed by atoms with van der Waals surface area (Å²) in [5.41, 5.74) is 4.87. The highest BCUT2D eigenvalue weighted by Crippen LogP contribution is 2.44. The molecule has 0 aliphatic carbocycles. The predicted octanol–water partition coefficient (Wildman–Crippen LogP) is 5.10. The van der Waals surface area contributed by atoms with Gasteiger partial charge in [-0.2, -0.15) is 0 Å². The lowest BCUT2D eigenvalue weighted by Gasteiger charge is -2.39. The van der Waals surface area contributed by atoms with Gasteiger partial charge in [0.2, 0.25) is 0 Å². The van der Waals surface area contributed by atoms with Crippen LogP contribution in [0.5, 0.6) is 11.5 Å². The molecule has 0 aromatic heterocycles. The topological polar surface area (TPSA) is 67.8 Å². The van der Waals surface area contributed by atoms with Crippen LogP contribution in [0.2, 0.25) is 0 Å². The molecule has 0 spiro atoms. The molecular weight excluding hydrogens is 342 g/mol. The lowest BCUT2D eigenvalue weighted by molar-refractivity contribution is 0.0996. The van der Waals surface area contributed by atoms with Crippen molar-refractivity contribution in [2.45, 2.75) is 40.7 Å². The van der Waals surface area contributed by atoms with E-state index in [4.69, 9.17) is 9.47 Å². The van der Waals surface area contributed by atoms with E-state index in [1.807, 2.05) is 52.8 Å². The van der Waals surface area contributed by atoms with Crippen molar-refractivity contribution in [1.82, 2.24) is 5.32 Å². The van der Waals surface area contributed by atoms with E-state index in [0.29, 0.717) is 13.2 Å². The highest BCUT2D eigenvalue weighted by Gasteiger charge is 2.38. The Hall–Kier alpha value is -2.69. The summed E-state index contributed by atoms with van der Waals surface area (Å²) in [5, 5.41) is 11.9. The largest absolute Gasteiger partial charge is 0.493 e. The summed E-state index contributed by atoms with van der Waals surface area (Å²) >= 11 is 0. The molecule has 27 heavy (non-hydrogen) atoms. The van der Waals surface area contributed by atoms with Gasteiger partial charge in [0, 0.05) is 11.0 Å². The van der Waals surface area contributed by atoms with E-state index >= 15 is 0 Å². The van der Waals surface area contributed by atoms with E-state index < -0.39 is 6.09 Å². The minimum absolute atomic E-state index is 0.309. The van der Waals surface area contributed by atoms with Gasteiger partial charge in [0.1, 0.15) is 11.5 Å². The van der Waals surface area contributed by atoms with Gasteiger partial charge in [0.25, 0.3) is 0 Å². The number of carbonyl (C=O) groups is 1. The Kier molecular flexibility index (Phi) is 5.05. The zero-order valence-electron chi connectivity index (χ0n) is 16.6. The minimum atomic E-state index is -1.03. The number of rotatable bonds is 4. The van der Waals surface area contributed by atoms with E-state index in [2.05, 4.69) is 17.4 Å². The smallest absolute Gasteiger partial charge is 0.405 e. The Balaban J connectivity index is 2.01. The molecule has 2 aromatic rings. The van der Waals surface area contributed by atoms with Crippen LogP contribution in [-0.4, -0.2) is 24.4 Å². The molecular formula is C22H27NO4. The van der Waals surface area contributed by atoms with Crippen LogP contribution in [0.4, 0.5) is 4.79 Å². The second-order valence-corrected chi connectivity index (χ2v) is 7.78. The van der Waals surface area contributed by atoms with E-state index in [-0.39, 0.29) is 11.5 Å². The third-order valence-electron chi connectivity index (χ3n) is 5.06. The fraction of sp³-hybridized carbons (Fsp3) is 0.409. The molecule has 2 aromatic carbocycles. The van der Waals surface area contributed by atoms with Gasteiger partial charge >= 0.3 is 6.09 Å². The molecule has 3 rings (SSSR count). The molecule has 144 valence electrons. The van der Waals surface area contributed by atoms with Gasteiger partial charge in [-0.1, -0.05) is 26.0 Å². The van der Waals surface area contributed by atoms with Crippen LogP contribution in [0.3, 0.4) is 0 Å². The Morgan fingerprint density at radius 1 is 1.22 bits per heavy atom. The number of nitrogens with one attached hydrogen (secondary N) is 1.